The van der Waals surface area contributed by atoms with Crippen LogP contribution >= 0.6 is 0 Å². The Kier molecular flexibility index (Phi) is 2.92. The van der Waals surface area contributed by atoms with Gasteiger partial charge in [0.2, 0.25) is 5.88 Å². The molecule has 0 amide bonds. The lowest BCUT2D eigenvalue weighted by Gasteiger charge is -2.19. The largest absolute Gasteiger partial charge is 0.367 e. The molecule has 0 unspecified atom stereocenters. The molecule has 17 heavy (non-hydrogen) atoms. The molecule has 1 aromatic carbocycles. The summed E-state index contributed by atoms with van der Waals surface area (Å²) >= 11 is 0. The van der Waals surface area contributed by atoms with Gasteiger partial charge < -0.3 is 10.3 Å². The van der Waals surface area contributed by atoms with Gasteiger partial charge in [0.05, 0.1) is 6.20 Å². The van der Waals surface area contributed by atoms with Crippen molar-refractivity contribution in [3.63, 3.8) is 0 Å². The molecule has 0 aliphatic heterocycles. The Bertz CT molecular complexity index is 492. The molecule has 2 rings (SSSR count). The molecule has 3 heteroatoms. The highest BCUT2D eigenvalue weighted by molar-refractivity contribution is 5.38. The van der Waals surface area contributed by atoms with Crippen molar-refractivity contribution in [1.82, 2.24) is 5.16 Å². The summed E-state index contributed by atoms with van der Waals surface area (Å²) in [6.07, 6.45) is 2.44. The monoisotopic (exact) mass is 230 g/mol. The summed E-state index contributed by atoms with van der Waals surface area (Å²) in [5, 5.41) is 3.67. The third kappa shape index (κ3) is 2.67. The van der Waals surface area contributed by atoms with E-state index in [0.29, 0.717) is 5.88 Å². The normalized spacial score (nSPS) is 11.7. The molecule has 0 spiro atoms. The minimum atomic E-state index is 0.189. The van der Waals surface area contributed by atoms with E-state index in [0.717, 1.165) is 12.0 Å². The quantitative estimate of drug-likeness (QED) is 0.862. The fourth-order valence-electron chi connectivity index (χ4n) is 1.74. The van der Waals surface area contributed by atoms with Crippen LogP contribution in [0.1, 0.15) is 37.5 Å². The van der Waals surface area contributed by atoms with Gasteiger partial charge in [-0.2, -0.15) is 0 Å². The molecule has 0 radical (unpaired) electrons. The van der Waals surface area contributed by atoms with Gasteiger partial charge >= 0.3 is 0 Å². The first kappa shape index (κ1) is 11.7. The van der Waals surface area contributed by atoms with Crippen molar-refractivity contribution in [3.05, 3.63) is 47.2 Å². The summed E-state index contributed by atoms with van der Waals surface area (Å²) in [6.45, 7) is 6.62. The SMILES string of the molecule is CC(C)(C)c1ccc(Cc2cnoc2N)cc1. The van der Waals surface area contributed by atoms with Crippen LogP contribution in [0.3, 0.4) is 0 Å². The van der Waals surface area contributed by atoms with Crippen LogP contribution in [0.5, 0.6) is 0 Å². The van der Waals surface area contributed by atoms with E-state index in [4.69, 9.17) is 10.3 Å². The molecule has 90 valence electrons. The standard InChI is InChI=1S/C14H18N2O/c1-14(2,3)12-6-4-10(5-7-12)8-11-9-16-17-13(11)15/h4-7,9H,8,15H2,1-3H3. The number of nitrogen functional groups attached to an aromatic ring is 1. The van der Waals surface area contributed by atoms with Gasteiger partial charge in [0.1, 0.15) is 0 Å². The average Bonchev–Trinajstić information content (AvgIpc) is 2.64. The van der Waals surface area contributed by atoms with Gasteiger partial charge in [0, 0.05) is 12.0 Å². The third-order valence-corrected chi connectivity index (χ3v) is 2.89. The van der Waals surface area contributed by atoms with Gasteiger partial charge in [-0.25, -0.2) is 0 Å². The van der Waals surface area contributed by atoms with Crippen LogP contribution in [0.15, 0.2) is 35.0 Å². The van der Waals surface area contributed by atoms with Crippen molar-refractivity contribution < 1.29 is 4.52 Å². The number of rotatable bonds is 2. The number of hydrogen-bond acceptors (Lipinski definition) is 3. The van der Waals surface area contributed by atoms with E-state index in [1.807, 2.05) is 0 Å². The predicted molar refractivity (Wildman–Crippen MR) is 68.9 cm³/mol. The average molecular weight is 230 g/mol. The predicted octanol–water partition coefficient (Wildman–Crippen LogP) is 3.15. The maximum absolute atomic E-state index is 5.66. The van der Waals surface area contributed by atoms with Gasteiger partial charge in [-0.05, 0) is 16.5 Å². The van der Waals surface area contributed by atoms with Gasteiger partial charge in [-0.3, -0.25) is 0 Å². The molecule has 2 aromatic rings. The molecule has 0 aliphatic rings. The summed E-state index contributed by atoms with van der Waals surface area (Å²) < 4.78 is 4.84. The molecule has 0 atom stereocenters. The number of aromatic nitrogens is 1. The smallest absolute Gasteiger partial charge is 0.225 e. The Hall–Kier alpha value is -1.77. The zero-order chi connectivity index (χ0) is 12.5. The first-order valence-electron chi connectivity index (χ1n) is 5.75. The molecule has 2 N–H and O–H groups in total. The van der Waals surface area contributed by atoms with Gasteiger partial charge in [-0.15, -0.1) is 0 Å². The number of benzene rings is 1. The number of hydrogen-bond donors (Lipinski definition) is 1. The fraction of sp³-hybridized carbons (Fsp3) is 0.357. The van der Waals surface area contributed by atoms with Gasteiger partial charge in [0.25, 0.3) is 0 Å². The fourth-order valence-corrected chi connectivity index (χ4v) is 1.74. The molecule has 0 bridgehead atoms. The first-order valence-corrected chi connectivity index (χ1v) is 5.75. The highest BCUT2D eigenvalue weighted by atomic mass is 16.5. The Balaban J connectivity index is 2.17. The molecule has 0 aliphatic carbocycles. The van der Waals surface area contributed by atoms with Crippen molar-refractivity contribution in [1.29, 1.82) is 0 Å². The van der Waals surface area contributed by atoms with Gasteiger partial charge in [-0.1, -0.05) is 50.2 Å². The van der Waals surface area contributed by atoms with E-state index in [1.165, 1.54) is 11.1 Å². The lowest BCUT2D eigenvalue weighted by atomic mass is 9.86. The van der Waals surface area contributed by atoms with Crippen LogP contribution in [0.2, 0.25) is 0 Å². The highest BCUT2D eigenvalue weighted by Gasteiger charge is 2.13. The second-order valence-electron chi connectivity index (χ2n) is 5.34. The van der Waals surface area contributed by atoms with E-state index >= 15 is 0 Å². The summed E-state index contributed by atoms with van der Waals surface area (Å²) in [6, 6.07) is 8.60. The molecule has 1 aromatic heterocycles. The molecular formula is C14H18N2O. The maximum atomic E-state index is 5.66. The summed E-state index contributed by atoms with van der Waals surface area (Å²) in [5.74, 6) is 0.407. The minimum absolute atomic E-state index is 0.189. The summed E-state index contributed by atoms with van der Waals surface area (Å²) in [5.41, 5.74) is 9.33. The highest BCUT2D eigenvalue weighted by Crippen LogP contribution is 2.23. The Morgan fingerprint density at radius 2 is 1.82 bits per heavy atom. The van der Waals surface area contributed by atoms with E-state index in [9.17, 15) is 0 Å². The van der Waals surface area contributed by atoms with Crippen LogP contribution in [-0.4, -0.2) is 5.16 Å². The van der Waals surface area contributed by atoms with E-state index in [2.05, 4.69) is 50.2 Å². The zero-order valence-corrected chi connectivity index (χ0v) is 10.5. The molecular weight excluding hydrogens is 212 g/mol. The number of anilines is 1. The Labute approximate surface area is 102 Å². The first-order chi connectivity index (χ1) is 7.97. The molecule has 0 fully saturated rings. The van der Waals surface area contributed by atoms with Crippen molar-refractivity contribution >= 4 is 5.88 Å². The summed E-state index contributed by atoms with van der Waals surface area (Å²) in [7, 11) is 0. The van der Waals surface area contributed by atoms with Crippen LogP contribution in [-0.2, 0) is 11.8 Å². The Morgan fingerprint density at radius 3 is 2.29 bits per heavy atom. The molecule has 1 heterocycles. The van der Waals surface area contributed by atoms with Crippen molar-refractivity contribution in [2.45, 2.75) is 32.6 Å². The molecule has 3 nitrogen and oxygen atoms in total. The van der Waals surface area contributed by atoms with Crippen LogP contribution < -0.4 is 5.73 Å². The second-order valence-corrected chi connectivity index (χ2v) is 5.34. The van der Waals surface area contributed by atoms with Crippen LogP contribution in [0, 0.1) is 0 Å². The van der Waals surface area contributed by atoms with E-state index in [1.54, 1.807) is 6.20 Å². The number of nitrogens with zero attached hydrogens (tertiary/aromatic N) is 1. The second kappa shape index (κ2) is 4.24. The topological polar surface area (TPSA) is 52.0 Å². The lowest BCUT2D eigenvalue weighted by molar-refractivity contribution is 0.436. The Morgan fingerprint density at radius 1 is 1.18 bits per heavy atom. The lowest BCUT2D eigenvalue weighted by Crippen LogP contribution is -2.10. The summed E-state index contributed by atoms with van der Waals surface area (Å²) in [4.78, 5) is 0. The maximum Gasteiger partial charge on any atom is 0.225 e. The van der Waals surface area contributed by atoms with Gasteiger partial charge in [0.15, 0.2) is 0 Å². The van der Waals surface area contributed by atoms with Crippen molar-refractivity contribution in [3.8, 4) is 0 Å². The van der Waals surface area contributed by atoms with E-state index in [-0.39, 0.29) is 5.41 Å². The van der Waals surface area contributed by atoms with Crippen molar-refractivity contribution in [2.75, 3.05) is 5.73 Å². The molecule has 0 saturated carbocycles. The van der Waals surface area contributed by atoms with E-state index < -0.39 is 0 Å². The van der Waals surface area contributed by atoms with Crippen LogP contribution in [0.4, 0.5) is 5.88 Å². The van der Waals surface area contributed by atoms with Crippen LogP contribution in [0.25, 0.3) is 0 Å². The third-order valence-electron chi connectivity index (χ3n) is 2.89. The minimum Gasteiger partial charge on any atom is -0.367 e. The molecule has 0 saturated heterocycles. The number of nitrogens with two attached hydrogens (primary N) is 1. The van der Waals surface area contributed by atoms with Crippen molar-refractivity contribution in [2.24, 2.45) is 0 Å². The zero-order valence-electron chi connectivity index (χ0n) is 10.5.